The Kier molecular flexibility index (Phi) is 5.83. The first-order valence-electron chi connectivity index (χ1n) is 4.76. The van der Waals surface area contributed by atoms with Crippen LogP contribution in [0, 0.1) is 5.92 Å². The molecule has 0 radical (unpaired) electrons. The SMILES string of the molecule is CCC(CS)CSc1ccccc1Cl. The molecule has 0 amide bonds. The molecule has 0 saturated heterocycles. The van der Waals surface area contributed by atoms with Crippen molar-refractivity contribution >= 4 is 36.0 Å². The van der Waals surface area contributed by atoms with Crippen molar-refractivity contribution in [3.8, 4) is 0 Å². The summed E-state index contributed by atoms with van der Waals surface area (Å²) in [4.78, 5) is 1.18. The van der Waals surface area contributed by atoms with Crippen LogP contribution < -0.4 is 0 Å². The van der Waals surface area contributed by atoms with Gasteiger partial charge in [0.15, 0.2) is 0 Å². The number of halogens is 1. The van der Waals surface area contributed by atoms with E-state index in [-0.39, 0.29) is 0 Å². The first-order valence-corrected chi connectivity index (χ1v) is 6.75. The van der Waals surface area contributed by atoms with Gasteiger partial charge in [-0.25, -0.2) is 0 Å². The number of rotatable bonds is 5. The largest absolute Gasteiger partial charge is 0.179 e. The summed E-state index contributed by atoms with van der Waals surface area (Å²) >= 11 is 12.2. The van der Waals surface area contributed by atoms with Gasteiger partial charge in [0.2, 0.25) is 0 Å². The normalized spacial score (nSPS) is 12.8. The van der Waals surface area contributed by atoms with Crippen LogP contribution in [0.4, 0.5) is 0 Å². The zero-order valence-electron chi connectivity index (χ0n) is 8.24. The maximum absolute atomic E-state index is 6.05. The molecule has 0 aromatic heterocycles. The van der Waals surface area contributed by atoms with Gasteiger partial charge < -0.3 is 0 Å². The minimum absolute atomic E-state index is 0.680. The standard InChI is InChI=1S/C11H15ClS2/c1-2-9(7-13)8-14-11-6-4-3-5-10(11)12/h3-6,9,13H,2,7-8H2,1H3. The fourth-order valence-electron chi connectivity index (χ4n) is 1.07. The monoisotopic (exact) mass is 246 g/mol. The first kappa shape index (κ1) is 12.3. The second kappa shape index (κ2) is 6.65. The van der Waals surface area contributed by atoms with Gasteiger partial charge in [-0.2, -0.15) is 12.6 Å². The van der Waals surface area contributed by atoms with Crippen molar-refractivity contribution in [3.63, 3.8) is 0 Å². The van der Waals surface area contributed by atoms with Gasteiger partial charge in [-0.05, 0) is 23.8 Å². The summed E-state index contributed by atoms with van der Waals surface area (Å²) in [6, 6.07) is 7.99. The molecule has 0 aliphatic rings. The molecular formula is C11H15ClS2. The van der Waals surface area contributed by atoms with E-state index < -0.39 is 0 Å². The lowest BCUT2D eigenvalue weighted by molar-refractivity contribution is 0.649. The Bertz CT molecular complexity index is 272. The number of thiol groups is 1. The van der Waals surface area contributed by atoms with Gasteiger partial charge in [0.1, 0.15) is 0 Å². The van der Waals surface area contributed by atoms with Crippen molar-refractivity contribution in [2.24, 2.45) is 5.92 Å². The van der Waals surface area contributed by atoms with Crippen LogP contribution in [-0.4, -0.2) is 11.5 Å². The van der Waals surface area contributed by atoms with Crippen LogP contribution in [0.15, 0.2) is 29.2 Å². The summed E-state index contributed by atoms with van der Waals surface area (Å²) in [7, 11) is 0. The topological polar surface area (TPSA) is 0 Å². The summed E-state index contributed by atoms with van der Waals surface area (Å²) in [6.07, 6.45) is 1.18. The minimum Gasteiger partial charge on any atom is -0.179 e. The summed E-state index contributed by atoms with van der Waals surface area (Å²) < 4.78 is 0. The van der Waals surface area contributed by atoms with Gasteiger partial charge in [0.05, 0.1) is 5.02 Å². The summed E-state index contributed by atoms with van der Waals surface area (Å²) in [6.45, 7) is 2.20. The molecule has 1 unspecified atom stereocenters. The zero-order valence-corrected chi connectivity index (χ0v) is 10.7. The molecule has 3 heteroatoms. The molecule has 1 aromatic carbocycles. The van der Waals surface area contributed by atoms with Crippen LogP contribution in [0.2, 0.25) is 5.02 Å². The van der Waals surface area contributed by atoms with Crippen LogP contribution >= 0.6 is 36.0 Å². The second-order valence-corrected chi connectivity index (χ2v) is 5.03. The molecule has 0 aliphatic carbocycles. The average molecular weight is 247 g/mol. The van der Waals surface area contributed by atoms with E-state index in [1.807, 2.05) is 30.0 Å². The van der Waals surface area contributed by atoms with Gasteiger partial charge >= 0.3 is 0 Å². The quantitative estimate of drug-likeness (QED) is 0.594. The number of benzene rings is 1. The predicted molar refractivity (Wildman–Crippen MR) is 69.8 cm³/mol. The lowest BCUT2D eigenvalue weighted by atomic mass is 10.2. The maximum Gasteiger partial charge on any atom is 0.0541 e. The molecule has 78 valence electrons. The van der Waals surface area contributed by atoms with Gasteiger partial charge in [0, 0.05) is 10.6 Å². The van der Waals surface area contributed by atoms with E-state index >= 15 is 0 Å². The van der Waals surface area contributed by atoms with Gasteiger partial charge in [-0.1, -0.05) is 37.1 Å². The van der Waals surface area contributed by atoms with E-state index in [9.17, 15) is 0 Å². The Morgan fingerprint density at radius 2 is 2.14 bits per heavy atom. The number of hydrogen-bond acceptors (Lipinski definition) is 2. The van der Waals surface area contributed by atoms with Gasteiger partial charge in [-0.3, -0.25) is 0 Å². The molecule has 0 nitrogen and oxygen atoms in total. The second-order valence-electron chi connectivity index (χ2n) is 3.20. The lowest BCUT2D eigenvalue weighted by Crippen LogP contribution is -2.03. The molecule has 0 fully saturated rings. The Labute approximate surface area is 101 Å². The molecule has 0 heterocycles. The van der Waals surface area contributed by atoms with E-state index in [4.69, 9.17) is 11.6 Å². The Morgan fingerprint density at radius 1 is 1.43 bits per heavy atom. The Balaban J connectivity index is 2.49. The van der Waals surface area contributed by atoms with Crippen LogP contribution in [0.3, 0.4) is 0 Å². The molecule has 0 aliphatic heterocycles. The van der Waals surface area contributed by atoms with Crippen molar-refractivity contribution < 1.29 is 0 Å². The molecule has 14 heavy (non-hydrogen) atoms. The molecule has 0 saturated carbocycles. The molecule has 0 bridgehead atoms. The van der Waals surface area contributed by atoms with Crippen LogP contribution in [0.5, 0.6) is 0 Å². The fraction of sp³-hybridized carbons (Fsp3) is 0.455. The average Bonchev–Trinajstić information content (AvgIpc) is 2.22. The van der Waals surface area contributed by atoms with E-state index in [0.717, 1.165) is 16.5 Å². The van der Waals surface area contributed by atoms with Crippen molar-refractivity contribution in [1.82, 2.24) is 0 Å². The third-order valence-electron chi connectivity index (χ3n) is 2.15. The molecule has 0 N–H and O–H groups in total. The maximum atomic E-state index is 6.05. The van der Waals surface area contributed by atoms with Crippen molar-refractivity contribution in [1.29, 1.82) is 0 Å². The fourth-order valence-corrected chi connectivity index (χ4v) is 3.08. The van der Waals surface area contributed by atoms with Crippen LogP contribution in [0.1, 0.15) is 13.3 Å². The highest BCUT2D eigenvalue weighted by Crippen LogP contribution is 2.28. The van der Waals surface area contributed by atoms with Crippen molar-refractivity contribution in [3.05, 3.63) is 29.3 Å². The van der Waals surface area contributed by atoms with Gasteiger partial charge in [-0.15, -0.1) is 11.8 Å². The van der Waals surface area contributed by atoms with E-state index in [1.54, 1.807) is 0 Å². The Morgan fingerprint density at radius 3 is 2.71 bits per heavy atom. The minimum atomic E-state index is 0.680. The smallest absolute Gasteiger partial charge is 0.0541 e. The predicted octanol–water partition coefficient (Wildman–Crippen LogP) is 4.39. The molecule has 0 spiro atoms. The molecule has 1 atom stereocenters. The first-order chi connectivity index (χ1) is 6.77. The summed E-state index contributed by atoms with van der Waals surface area (Å²) in [5.41, 5.74) is 0. The van der Waals surface area contributed by atoms with Gasteiger partial charge in [0.25, 0.3) is 0 Å². The van der Waals surface area contributed by atoms with Crippen LogP contribution in [-0.2, 0) is 0 Å². The molecule has 1 rings (SSSR count). The van der Waals surface area contributed by atoms with Crippen LogP contribution in [0.25, 0.3) is 0 Å². The number of hydrogen-bond donors (Lipinski definition) is 1. The molecular weight excluding hydrogens is 232 g/mol. The van der Waals surface area contributed by atoms with Crippen molar-refractivity contribution in [2.75, 3.05) is 11.5 Å². The molecule has 1 aromatic rings. The highest BCUT2D eigenvalue weighted by molar-refractivity contribution is 7.99. The third kappa shape index (κ3) is 3.76. The van der Waals surface area contributed by atoms with E-state index in [2.05, 4.69) is 25.6 Å². The van der Waals surface area contributed by atoms with E-state index in [1.165, 1.54) is 11.3 Å². The lowest BCUT2D eigenvalue weighted by Gasteiger charge is -2.11. The Hall–Kier alpha value is 0.210. The zero-order chi connectivity index (χ0) is 10.4. The third-order valence-corrected chi connectivity index (χ3v) is 4.41. The van der Waals surface area contributed by atoms with Crippen molar-refractivity contribution in [2.45, 2.75) is 18.2 Å². The highest BCUT2D eigenvalue weighted by Gasteiger charge is 2.06. The van der Waals surface area contributed by atoms with E-state index in [0.29, 0.717) is 5.92 Å². The summed E-state index contributed by atoms with van der Waals surface area (Å²) in [5, 5.41) is 0.853. The number of thioether (sulfide) groups is 1. The highest BCUT2D eigenvalue weighted by atomic mass is 35.5. The summed E-state index contributed by atoms with van der Waals surface area (Å²) in [5.74, 6) is 2.73.